The molecule has 1 fully saturated rings. The van der Waals surface area contributed by atoms with Gasteiger partial charge in [-0.2, -0.15) is 0 Å². The van der Waals surface area contributed by atoms with Gasteiger partial charge in [-0.05, 0) is 36.1 Å². The predicted molar refractivity (Wildman–Crippen MR) is 110 cm³/mol. The zero-order valence-corrected chi connectivity index (χ0v) is 16.1. The van der Waals surface area contributed by atoms with Crippen LogP contribution in [0.25, 0.3) is 0 Å². The average molecular weight is 388 g/mol. The maximum Gasteiger partial charge on any atom is 0.287 e. The molecule has 1 aliphatic carbocycles. The second-order valence-electron chi connectivity index (χ2n) is 7.51. The van der Waals surface area contributed by atoms with Gasteiger partial charge in [0.2, 0.25) is 5.91 Å². The van der Waals surface area contributed by atoms with Gasteiger partial charge in [0.25, 0.3) is 5.91 Å². The molecule has 2 aromatic carbocycles. The van der Waals surface area contributed by atoms with Crippen molar-refractivity contribution in [3.8, 4) is 0 Å². The Kier molecular flexibility index (Phi) is 5.47. The van der Waals surface area contributed by atoms with Gasteiger partial charge in [0.15, 0.2) is 5.76 Å². The number of carbonyl (C=O) groups excluding carboxylic acids is 2. The van der Waals surface area contributed by atoms with Crippen molar-refractivity contribution in [2.75, 3.05) is 6.54 Å². The summed E-state index contributed by atoms with van der Waals surface area (Å²) in [6.45, 7) is 0.551. The molecule has 3 aromatic rings. The van der Waals surface area contributed by atoms with Crippen molar-refractivity contribution < 1.29 is 14.0 Å². The maximum atomic E-state index is 13.1. The molecule has 0 bridgehead atoms. The van der Waals surface area contributed by atoms with Gasteiger partial charge in [0.05, 0.1) is 6.26 Å². The summed E-state index contributed by atoms with van der Waals surface area (Å²) in [6, 6.07) is 22.0. The first-order valence-corrected chi connectivity index (χ1v) is 9.91. The third kappa shape index (κ3) is 4.09. The summed E-state index contributed by atoms with van der Waals surface area (Å²) in [5.41, 5.74) is 1.96. The molecule has 0 aliphatic heterocycles. The SMILES string of the molecule is O=C(N[C@@H](C(=O)NCC1(c2ccccc2)CCC1)c1ccccc1)c1ccco1. The van der Waals surface area contributed by atoms with Gasteiger partial charge in [-0.1, -0.05) is 67.1 Å². The first kappa shape index (κ1) is 19.0. The quantitative estimate of drug-likeness (QED) is 0.643. The molecule has 1 atom stereocenters. The molecule has 0 saturated heterocycles. The van der Waals surface area contributed by atoms with Gasteiger partial charge in [-0.25, -0.2) is 0 Å². The molecule has 0 spiro atoms. The Bertz CT molecular complexity index is 948. The van der Waals surface area contributed by atoms with Crippen LogP contribution in [0.3, 0.4) is 0 Å². The lowest BCUT2D eigenvalue weighted by atomic mass is 9.64. The molecule has 1 heterocycles. The van der Waals surface area contributed by atoms with Crippen molar-refractivity contribution in [3.63, 3.8) is 0 Å². The molecule has 2 N–H and O–H groups in total. The van der Waals surface area contributed by atoms with E-state index in [0.29, 0.717) is 6.54 Å². The highest BCUT2D eigenvalue weighted by Gasteiger charge is 2.39. The molecule has 2 amide bonds. The Balaban J connectivity index is 1.50. The van der Waals surface area contributed by atoms with Gasteiger partial charge >= 0.3 is 0 Å². The van der Waals surface area contributed by atoms with E-state index in [1.54, 1.807) is 12.1 Å². The Hall–Kier alpha value is -3.34. The first-order chi connectivity index (χ1) is 14.2. The predicted octanol–water partition coefficient (Wildman–Crippen LogP) is 3.99. The van der Waals surface area contributed by atoms with Crippen LogP contribution < -0.4 is 10.6 Å². The minimum Gasteiger partial charge on any atom is -0.459 e. The summed E-state index contributed by atoms with van der Waals surface area (Å²) in [5, 5.41) is 5.89. The monoisotopic (exact) mass is 388 g/mol. The molecule has 0 radical (unpaired) electrons. The van der Waals surface area contributed by atoms with Crippen LogP contribution in [0, 0.1) is 0 Å². The molecule has 1 aromatic heterocycles. The van der Waals surface area contributed by atoms with Crippen molar-refractivity contribution in [2.45, 2.75) is 30.7 Å². The Morgan fingerprint density at radius 2 is 1.62 bits per heavy atom. The smallest absolute Gasteiger partial charge is 0.287 e. The van der Waals surface area contributed by atoms with Crippen molar-refractivity contribution in [1.82, 2.24) is 10.6 Å². The van der Waals surface area contributed by atoms with E-state index in [1.807, 2.05) is 48.5 Å². The fourth-order valence-corrected chi connectivity index (χ4v) is 3.88. The minimum absolute atomic E-state index is 0.0246. The van der Waals surface area contributed by atoms with Crippen molar-refractivity contribution in [3.05, 3.63) is 95.9 Å². The molecule has 0 unspecified atom stereocenters. The number of hydrogen-bond acceptors (Lipinski definition) is 3. The lowest BCUT2D eigenvalue weighted by molar-refractivity contribution is -0.123. The standard InChI is InChI=1S/C24H24N2O3/c27-22(20-13-7-16-29-20)26-21(18-9-3-1-4-10-18)23(28)25-17-24(14-8-15-24)19-11-5-2-6-12-19/h1-7,9-13,16,21H,8,14-15,17H2,(H,25,28)(H,26,27)/t21-/m1/s1. The number of hydrogen-bond donors (Lipinski definition) is 2. The Morgan fingerprint density at radius 1 is 0.931 bits per heavy atom. The third-order valence-corrected chi connectivity index (χ3v) is 5.71. The Morgan fingerprint density at radius 3 is 2.21 bits per heavy atom. The number of rotatable bonds is 7. The topological polar surface area (TPSA) is 71.3 Å². The first-order valence-electron chi connectivity index (χ1n) is 9.91. The lowest BCUT2D eigenvalue weighted by Crippen LogP contribution is -2.48. The highest BCUT2D eigenvalue weighted by Crippen LogP contribution is 2.43. The van der Waals surface area contributed by atoms with Crippen molar-refractivity contribution >= 4 is 11.8 Å². The number of carbonyl (C=O) groups is 2. The van der Waals surface area contributed by atoms with Crippen LogP contribution in [0.2, 0.25) is 0 Å². The molecule has 1 aliphatic rings. The van der Waals surface area contributed by atoms with Crippen molar-refractivity contribution in [2.24, 2.45) is 0 Å². The highest BCUT2D eigenvalue weighted by atomic mass is 16.3. The van der Waals surface area contributed by atoms with E-state index in [2.05, 4.69) is 22.8 Å². The summed E-state index contributed by atoms with van der Waals surface area (Å²) in [4.78, 5) is 25.6. The van der Waals surface area contributed by atoms with Crippen LogP contribution in [-0.4, -0.2) is 18.4 Å². The summed E-state index contributed by atoms with van der Waals surface area (Å²) < 4.78 is 5.17. The van der Waals surface area contributed by atoms with Crippen molar-refractivity contribution in [1.29, 1.82) is 0 Å². The van der Waals surface area contributed by atoms with Gasteiger partial charge < -0.3 is 15.1 Å². The summed E-state index contributed by atoms with van der Waals surface area (Å²) in [5.74, 6) is -0.461. The molecule has 148 valence electrons. The highest BCUT2D eigenvalue weighted by molar-refractivity contribution is 5.95. The van der Waals surface area contributed by atoms with Crippen LogP contribution in [0.4, 0.5) is 0 Å². The van der Waals surface area contributed by atoms with E-state index in [-0.39, 0.29) is 17.1 Å². The largest absolute Gasteiger partial charge is 0.459 e. The van der Waals surface area contributed by atoms with Crippen LogP contribution in [0.15, 0.2) is 83.5 Å². The number of benzene rings is 2. The molecule has 5 nitrogen and oxygen atoms in total. The van der Waals surface area contributed by atoms with Crippen LogP contribution >= 0.6 is 0 Å². The molecule has 1 saturated carbocycles. The zero-order valence-electron chi connectivity index (χ0n) is 16.1. The molecule has 5 heteroatoms. The van der Waals surface area contributed by atoms with E-state index in [1.165, 1.54) is 11.8 Å². The van der Waals surface area contributed by atoms with Gasteiger partial charge in [0.1, 0.15) is 6.04 Å². The lowest BCUT2D eigenvalue weighted by Gasteiger charge is -2.43. The van der Waals surface area contributed by atoms with Gasteiger partial charge in [-0.3, -0.25) is 9.59 Å². The van der Waals surface area contributed by atoms with Gasteiger partial charge in [0, 0.05) is 12.0 Å². The third-order valence-electron chi connectivity index (χ3n) is 5.71. The van der Waals surface area contributed by atoms with E-state index in [4.69, 9.17) is 4.42 Å². The zero-order chi connectivity index (χ0) is 20.1. The molecule has 4 rings (SSSR count). The normalized spacial score (nSPS) is 15.7. The Labute approximate surface area is 170 Å². The second-order valence-corrected chi connectivity index (χ2v) is 7.51. The van der Waals surface area contributed by atoms with E-state index in [0.717, 1.165) is 24.8 Å². The van der Waals surface area contributed by atoms with Gasteiger partial charge in [-0.15, -0.1) is 0 Å². The summed E-state index contributed by atoms with van der Waals surface area (Å²) >= 11 is 0. The number of furan rings is 1. The number of amides is 2. The molecule has 29 heavy (non-hydrogen) atoms. The summed E-state index contributed by atoms with van der Waals surface area (Å²) in [6.07, 6.45) is 4.69. The molecular weight excluding hydrogens is 364 g/mol. The van der Waals surface area contributed by atoms with E-state index in [9.17, 15) is 9.59 Å². The van der Waals surface area contributed by atoms with E-state index < -0.39 is 11.9 Å². The van der Waals surface area contributed by atoms with Crippen LogP contribution in [-0.2, 0) is 10.2 Å². The van der Waals surface area contributed by atoms with Crippen LogP contribution in [0.1, 0.15) is 47.0 Å². The fourth-order valence-electron chi connectivity index (χ4n) is 3.88. The van der Waals surface area contributed by atoms with Crippen LogP contribution in [0.5, 0.6) is 0 Å². The maximum absolute atomic E-state index is 13.1. The van der Waals surface area contributed by atoms with E-state index >= 15 is 0 Å². The fraction of sp³-hybridized carbons (Fsp3) is 0.250. The minimum atomic E-state index is -0.790. The average Bonchev–Trinajstić information content (AvgIpc) is 3.27. The summed E-state index contributed by atoms with van der Waals surface area (Å²) in [7, 11) is 0. The second kappa shape index (κ2) is 8.35. The number of nitrogens with one attached hydrogen (secondary N) is 2. The molecular formula is C24H24N2O3.